The van der Waals surface area contributed by atoms with Crippen LogP contribution in [-0.4, -0.2) is 22.9 Å². The number of carbonyl (C=O) groups is 1. The summed E-state index contributed by atoms with van der Waals surface area (Å²) in [6.07, 6.45) is 2.66. The lowest BCUT2D eigenvalue weighted by Gasteiger charge is -2.40. The van der Waals surface area contributed by atoms with Gasteiger partial charge < -0.3 is 10.6 Å². The summed E-state index contributed by atoms with van der Waals surface area (Å²) in [6.45, 7) is 3.23. The van der Waals surface area contributed by atoms with Crippen molar-refractivity contribution in [3.63, 3.8) is 0 Å². The zero-order valence-corrected chi connectivity index (χ0v) is 11.4. The Labute approximate surface area is 113 Å². The molecular weight excluding hydrogens is 248 g/mol. The molecule has 98 valence electrons. The Hall–Kier alpha value is -1.06. The lowest BCUT2D eigenvalue weighted by Crippen LogP contribution is -2.59. The van der Waals surface area contributed by atoms with E-state index in [1.807, 2.05) is 36.1 Å². The van der Waals surface area contributed by atoms with E-state index in [0.29, 0.717) is 18.1 Å². The minimum absolute atomic E-state index is 0.0659. The molecule has 1 aliphatic rings. The minimum Gasteiger partial charge on any atom is -0.337 e. The first-order valence-corrected chi connectivity index (χ1v) is 6.75. The predicted molar refractivity (Wildman–Crippen MR) is 73.3 cm³/mol. The predicted octanol–water partition coefficient (Wildman–Crippen LogP) is 2.57. The van der Waals surface area contributed by atoms with Crippen LogP contribution in [-0.2, 0) is 11.3 Å². The molecule has 0 atom stereocenters. The van der Waals surface area contributed by atoms with E-state index in [1.54, 1.807) is 0 Å². The van der Waals surface area contributed by atoms with Crippen molar-refractivity contribution in [1.82, 2.24) is 4.90 Å². The summed E-state index contributed by atoms with van der Waals surface area (Å²) >= 11 is 5.95. The van der Waals surface area contributed by atoms with Crippen molar-refractivity contribution in [2.75, 3.05) is 6.54 Å². The van der Waals surface area contributed by atoms with Crippen molar-refractivity contribution < 1.29 is 4.79 Å². The van der Waals surface area contributed by atoms with E-state index in [-0.39, 0.29) is 5.91 Å². The molecule has 1 aromatic carbocycles. The monoisotopic (exact) mass is 266 g/mol. The van der Waals surface area contributed by atoms with Crippen molar-refractivity contribution in [2.24, 2.45) is 5.73 Å². The molecule has 0 radical (unpaired) electrons. The lowest BCUT2D eigenvalue weighted by molar-refractivity contribution is -0.140. The van der Waals surface area contributed by atoms with Crippen LogP contribution in [0.2, 0.25) is 5.02 Å². The first kappa shape index (κ1) is 13.4. The highest BCUT2D eigenvalue weighted by Gasteiger charge is 2.42. The van der Waals surface area contributed by atoms with Gasteiger partial charge in [0.15, 0.2) is 0 Å². The first-order chi connectivity index (χ1) is 8.55. The molecule has 1 aromatic rings. The van der Waals surface area contributed by atoms with E-state index in [1.165, 1.54) is 0 Å². The third-order valence-electron chi connectivity index (χ3n) is 3.60. The maximum absolute atomic E-state index is 12.3. The van der Waals surface area contributed by atoms with Crippen molar-refractivity contribution >= 4 is 17.5 Å². The third-order valence-corrected chi connectivity index (χ3v) is 3.84. The van der Waals surface area contributed by atoms with E-state index < -0.39 is 5.54 Å². The summed E-state index contributed by atoms with van der Waals surface area (Å²) in [4.78, 5) is 14.1. The number of nitrogens with two attached hydrogens (primary N) is 1. The number of rotatable bonds is 4. The highest BCUT2D eigenvalue weighted by Crippen LogP contribution is 2.31. The number of benzene rings is 1. The molecule has 0 saturated heterocycles. The average Bonchev–Trinajstić information content (AvgIpc) is 2.32. The molecule has 1 fully saturated rings. The standard InChI is InChI=1S/C14H19ClN2O/c1-2-17(13(18)14(16)7-4-8-14)10-11-5-3-6-12(15)9-11/h3,5-6,9H,2,4,7-8,10,16H2,1H3. The van der Waals surface area contributed by atoms with E-state index in [4.69, 9.17) is 17.3 Å². The van der Waals surface area contributed by atoms with Crippen molar-refractivity contribution in [3.05, 3.63) is 34.9 Å². The first-order valence-electron chi connectivity index (χ1n) is 6.38. The van der Waals surface area contributed by atoms with Crippen LogP contribution in [0.5, 0.6) is 0 Å². The van der Waals surface area contributed by atoms with Gasteiger partial charge in [0.25, 0.3) is 0 Å². The topological polar surface area (TPSA) is 46.3 Å². The quantitative estimate of drug-likeness (QED) is 0.910. The van der Waals surface area contributed by atoms with Crippen LogP contribution in [0.15, 0.2) is 24.3 Å². The zero-order valence-electron chi connectivity index (χ0n) is 10.7. The normalized spacial score (nSPS) is 17.1. The van der Waals surface area contributed by atoms with Gasteiger partial charge >= 0.3 is 0 Å². The van der Waals surface area contributed by atoms with Crippen LogP contribution < -0.4 is 5.73 Å². The fraction of sp³-hybridized carbons (Fsp3) is 0.500. The fourth-order valence-electron chi connectivity index (χ4n) is 2.27. The lowest BCUT2D eigenvalue weighted by atomic mass is 9.76. The smallest absolute Gasteiger partial charge is 0.242 e. The second-order valence-electron chi connectivity index (χ2n) is 4.96. The second kappa shape index (κ2) is 5.29. The average molecular weight is 267 g/mol. The summed E-state index contributed by atoms with van der Waals surface area (Å²) in [5.74, 6) is 0.0659. The van der Waals surface area contributed by atoms with Gasteiger partial charge in [0.2, 0.25) is 5.91 Å². The Morgan fingerprint density at radius 1 is 1.50 bits per heavy atom. The Kier molecular flexibility index (Phi) is 3.93. The Morgan fingerprint density at radius 3 is 2.72 bits per heavy atom. The maximum atomic E-state index is 12.3. The largest absolute Gasteiger partial charge is 0.337 e. The minimum atomic E-state index is -0.616. The van der Waals surface area contributed by atoms with Gasteiger partial charge in [-0.25, -0.2) is 0 Å². The zero-order chi connectivity index (χ0) is 13.2. The highest BCUT2D eigenvalue weighted by atomic mass is 35.5. The summed E-state index contributed by atoms with van der Waals surface area (Å²) in [5, 5.41) is 0.696. The summed E-state index contributed by atoms with van der Waals surface area (Å²) < 4.78 is 0. The number of carbonyl (C=O) groups excluding carboxylic acids is 1. The number of halogens is 1. The number of hydrogen-bond acceptors (Lipinski definition) is 2. The molecular formula is C14H19ClN2O. The van der Waals surface area contributed by atoms with Gasteiger partial charge in [-0.3, -0.25) is 4.79 Å². The number of likely N-dealkylation sites (N-methyl/N-ethyl adjacent to an activating group) is 1. The molecule has 0 unspecified atom stereocenters. The van der Waals surface area contributed by atoms with Gasteiger partial charge in [-0.1, -0.05) is 23.7 Å². The second-order valence-corrected chi connectivity index (χ2v) is 5.40. The Bertz CT molecular complexity index is 443. The molecule has 2 N–H and O–H groups in total. The summed E-state index contributed by atoms with van der Waals surface area (Å²) in [6, 6.07) is 7.60. The van der Waals surface area contributed by atoms with Gasteiger partial charge in [0, 0.05) is 18.1 Å². The SMILES string of the molecule is CCN(Cc1cccc(Cl)c1)C(=O)C1(N)CCC1. The molecule has 3 nitrogen and oxygen atoms in total. The fourth-order valence-corrected chi connectivity index (χ4v) is 2.48. The summed E-state index contributed by atoms with van der Waals surface area (Å²) in [5.41, 5.74) is 6.51. The van der Waals surface area contributed by atoms with Gasteiger partial charge in [-0.05, 0) is 43.9 Å². The van der Waals surface area contributed by atoms with Gasteiger partial charge in [0.1, 0.15) is 0 Å². The molecule has 1 saturated carbocycles. The van der Waals surface area contributed by atoms with Crippen LogP contribution in [0, 0.1) is 0 Å². The molecule has 2 rings (SSSR count). The molecule has 0 spiro atoms. The van der Waals surface area contributed by atoms with Crippen molar-refractivity contribution in [2.45, 2.75) is 38.3 Å². The van der Waals surface area contributed by atoms with Crippen LogP contribution in [0.3, 0.4) is 0 Å². The molecule has 1 amide bonds. The molecule has 18 heavy (non-hydrogen) atoms. The van der Waals surface area contributed by atoms with Crippen LogP contribution in [0.1, 0.15) is 31.7 Å². The van der Waals surface area contributed by atoms with Crippen LogP contribution in [0.4, 0.5) is 0 Å². The molecule has 0 aliphatic heterocycles. The van der Waals surface area contributed by atoms with Crippen LogP contribution >= 0.6 is 11.6 Å². The Morgan fingerprint density at radius 2 is 2.22 bits per heavy atom. The molecule has 0 bridgehead atoms. The summed E-state index contributed by atoms with van der Waals surface area (Å²) in [7, 11) is 0. The molecule has 1 aliphatic carbocycles. The van der Waals surface area contributed by atoms with E-state index in [0.717, 1.165) is 24.8 Å². The van der Waals surface area contributed by atoms with Crippen molar-refractivity contribution in [3.8, 4) is 0 Å². The Balaban J connectivity index is 2.07. The van der Waals surface area contributed by atoms with Gasteiger partial charge in [0.05, 0.1) is 5.54 Å². The number of nitrogens with zero attached hydrogens (tertiary/aromatic N) is 1. The van der Waals surface area contributed by atoms with E-state index in [2.05, 4.69) is 0 Å². The number of hydrogen-bond donors (Lipinski definition) is 1. The third kappa shape index (κ3) is 2.68. The van der Waals surface area contributed by atoms with Crippen molar-refractivity contribution in [1.29, 1.82) is 0 Å². The van der Waals surface area contributed by atoms with Gasteiger partial charge in [-0.15, -0.1) is 0 Å². The van der Waals surface area contributed by atoms with E-state index >= 15 is 0 Å². The highest BCUT2D eigenvalue weighted by molar-refractivity contribution is 6.30. The maximum Gasteiger partial charge on any atom is 0.242 e. The molecule has 0 aromatic heterocycles. The molecule has 4 heteroatoms. The van der Waals surface area contributed by atoms with E-state index in [9.17, 15) is 4.79 Å². The number of amides is 1. The van der Waals surface area contributed by atoms with Crippen LogP contribution in [0.25, 0.3) is 0 Å². The molecule has 0 heterocycles. The van der Waals surface area contributed by atoms with Gasteiger partial charge in [-0.2, -0.15) is 0 Å².